The fourth-order valence-electron chi connectivity index (χ4n) is 2.45. The van der Waals surface area contributed by atoms with Crippen molar-refractivity contribution >= 4 is 15.9 Å². The first kappa shape index (κ1) is 15.9. The number of halogens is 1. The molecule has 1 aromatic heterocycles. The van der Waals surface area contributed by atoms with Crippen molar-refractivity contribution in [2.75, 3.05) is 0 Å². The minimum absolute atomic E-state index is 0.558. The third-order valence-corrected chi connectivity index (χ3v) is 4.33. The van der Waals surface area contributed by atoms with E-state index in [4.69, 9.17) is 4.52 Å². The van der Waals surface area contributed by atoms with Gasteiger partial charge in [0.25, 0.3) is 5.89 Å². The van der Waals surface area contributed by atoms with Crippen molar-refractivity contribution in [3.8, 4) is 22.8 Å². The van der Waals surface area contributed by atoms with Gasteiger partial charge < -0.3 is 4.52 Å². The summed E-state index contributed by atoms with van der Waals surface area (Å²) in [6.07, 6.45) is 4.90. The maximum atomic E-state index is 5.40. The van der Waals surface area contributed by atoms with Crippen molar-refractivity contribution in [1.29, 1.82) is 0 Å². The molecule has 2 aromatic carbocycles. The Kier molecular flexibility index (Phi) is 5.23. The number of hydrogen-bond donors (Lipinski definition) is 0. The van der Waals surface area contributed by atoms with Gasteiger partial charge in [0.1, 0.15) is 0 Å². The summed E-state index contributed by atoms with van der Waals surface area (Å²) in [4.78, 5) is 4.49. The van der Waals surface area contributed by atoms with Gasteiger partial charge in [-0.25, -0.2) is 0 Å². The summed E-state index contributed by atoms with van der Waals surface area (Å²) in [6.45, 7) is 2.22. The molecule has 0 spiro atoms. The van der Waals surface area contributed by atoms with E-state index in [1.807, 2.05) is 24.3 Å². The zero-order chi connectivity index (χ0) is 16.1. The van der Waals surface area contributed by atoms with Crippen LogP contribution in [0.5, 0.6) is 0 Å². The average Bonchev–Trinajstić information content (AvgIpc) is 3.06. The minimum Gasteiger partial charge on any atom is -0.334 e. The number of aryl methyl sites for hydroxylation is 1. The monoisotopic (exact) mass is 370 g/mol. The van der Waals surface area contributed by atoms with Crippen LogP contribution < -0.4 is 0 Å². The molecule has 0 saturated heterocycles. The Balaban J connectivity index is 1.73. The molecule has 0 fully saturated rings. The molecule has 4 heteroatoms. The molecule has 3 aromatic rings. The summed E-state index contributed by atoms with van der Waals surface area (Å²) >= 11 is 3.42. The molecule has 0 amide bonds. The second kappa shape index (κ2) is 7.55. The summed E-state index contributed by atoms with van der Waals surface area (Å²) < 4.78 is 6.43. The molecule has 0 aliphatic rings. The van der Waals surface area contributed by atoms with Gasteiger partial charge in [-0.1, -0.05) is 53.0 Å². The molecule has 0 N–H and O–H groups in total. The highest BCUT2D eigenvalue weighted by molar-refractivity contribution is 9.10. The van der Waals surface area contributed by atoms with Gasteiger partial charge in [-0.2, -0.15) is 4.98 Å². The van der Waals surface area contributed by atoms with Gasteiger partial charge in [-0.05, 0) is 54.8 Å². The molecule has 0 aliphatic heterocycles. The Morgan fingerprint density at radius 3 is 2.30 bits per heavy atom. The predicted octanol–water partition coefficient (Wildman–Crippen LogP) is 5.90. The van der Waals surface area contributed by atoms with Crippen molar-refractivity contribution in [1.82, 2.24) is 10.1 Å². The zero-order valence-corrected chi connectivity index (χ0v) is 14.7. The number of nitrogens with zero attached hydrogens (tertiary/aromatic N) is 2. The molecular weight excluding hydrogens is 352 g/mol. The predicted molar refractivity (Wildman–Crippen MR) is 96.1 cm³/mol. The summed E-state index contributed by atoms with van der Waals surface area (Å²) in [7, 11) is 0. The van der Waals surface area contributed by atoms with Crippen LogP contribution in [0.1, 0.15) is 31.7 Å². The molecule has 118 valence electrons. The summed E-state index contributed by atoms with van der Waals surface area (Å²) in [5.41, 5.74) is 3.26. The highest BCUT2D eigenvalue weighted by Gasteiger charge is 2.10. The van der Waals surface area contributed by atoms with Crippen LogP contribution in [-0.4, -0.2) is 10.1 Å². The van der Waals surface area contributed by atoms with Gasteiger partial charge >= 0.3 is 0 Å². The van der Waals surface area contributed by atoms with Gasteiger partial charge in [0.15, 0.2) is 0 Å². The second-order valence-corrected chi connectivity index (χ2v) is 6.50. The Hall–Kier alpha value is -1.94. The average molecular weight is 371 g/mol. The maximum absolute atomic E-state index is 5.40. The van der Waals surface area contributed by atoms with E-state index in [9.17, 15) is 0 Å². The number of benzene rings is 2. The molecule has 23 heavy (non-hydrogen) atoms. The summed E-state index contributed by atoms with van der Waals surface area (Å²) in [5, 5.41) is 4.07. The summed E-state index contributed by atoms with van der Waals surface area (Å²) in [5.74, 6) is 1.17. The number of unbranched alkanes of at least 4 members (excludes halogenated alkanes) is 2. The molecule has 0 atom stereocenters. The van der Waals surface area contributed by atoms with Crippen molar-refractivity contribution in [2.45, 2.75) is 32.6 Å². The largest absolute Gasteiger partial charge is 0.334 e. The lowest BCUT2D eigenvalue weighted by molar-refractivity contribution is 0.432. The Morgan fingerprint density at radius 1 is 0.913 bits per heavy atom. The van der Waals surface area contributed by atoms with Crippen molar-refractivity contribution in [3.63, 3.8) is 0 Å². The lowest BCUT2D eigenvalue weighted by Gasteiger charge is -2.01. The van der Waals surface area contributed by atoms with E-state index in [1.54, 1.807) is 0 Å². The minimum atomic E-state index is 0.558. The van der Waals surface area contributed by atoms with Crippen LogP contribution in [0, 0.1) is 0 Å². The van der Waals surface area contributed by atoms with Crippen LogP contribution in [0.15, 0.2) is 57.5 Å². The Morgan fingerprint density at radius 2 is 1.61 bits per heavy atom. The molecule has 0 saturated carbocycles. The highest BCUT2D eigenvalue weighted by Crippen LogP contribution is 2.24. The lowest BCUT2D eigenvalue weighted by atomic mass is 10.1. The van der Waals surface area contributed by atoms with Crippen LogP contribution in [0.2, 0.25) is 0 Å². The Bertz CT molecular complexity index is 748. The molecule has 3 rings (SSSR count). The third-order valence-electron chi connectivity index (χ3n) is 3.80. The fraction of sp³-hybridized carbons (Fsp3) is 0.263. The van der Waals surface area contributed by atoms with Crippen molar-refractivity contribution < 1.29 is 4.52 Å². The van der Waals surface area contributed by atoms with Gasteiger partial charge in [0, 0.05) is 15.6 Å². The van der Waals surface area contributed by atoms with Gasteiger partial charge in [-0.3, -0.25) is 0 Å². The van der Waals surface area contributed by atoms with E-state index >= 15 is 0 Å². The van der Waals surface area contributed by atoms with E-state index in [0.717, 1.165) is 22.0 Å². The van der Waals surface area contributed by atoms with Gasteiger partial charge in [0.05, 0.1) is 0 Å². The number of aromatic nitrogens is 2. The normalized spacial score (nSPS) is 10.9. The van der Waals surface area contributed by atoms with Gasteiger partial charge in [-0.15, -0.1) is 0 Å². The maximum Gasteiger partial charge on any atom is 0.258 e. The van der Waals surface area contributed by atoms with Crippen LogP contribution in [0.4, 0.5) is 0 Å². The number of rotatable bonds is 6. The zero-order valence-electron chi connectivity index (χ0n) is 13.1. The molecule has 0 unspecified atom stereocenters. The molecule has 0 radical (unpaired) electrons. The quantitative estimate of drug-likeness (QED) is 0.507. The standard InChI is InChI=1S/C19H19BrN2O/c1-2-3-4-5-14-6-8-16(9-7-14)19-21-18(22-23-19)15-10-12-17(20)13-11-15/h6-13H,2-5H2,1H3. The van der Waals surface area contributed by atoms with Crippen molar-refractivity contribution in [2.24, 2.45) is 0 Å². The van der Waals surface area contributed by atoms with E-state index in [-0.39, 0.29) is 0 Å². The second-order valence-electron chi connectivity index (χ2n) is 5.58. The smallest absolute Gasteiger partial charge is 0.258 e. The Labute approximate surface area is 144 Å². The van der Waals surface area contributed by atoms with E-state index in [1.165, 1.54) is 24.8 Å². The molecule has 3 nitrogen and oxygen atoms in total. The van der Waals surface area contributed by atoms with Gasteiger partial charge in [0.2, 0.25) is 5.82 Å². The molecular formula is C19H19BrN2O. The molecule has 0 bridgehead atoms. The molecule has 1 heterocycles. The van der Waals surface area contributed by atoms with Crippen molar-refractivity contribution in [3.05, 3.63) is 58.6 Å². The molecule has 0 aliphatic carbocycles. The lowest BCUT2D eigenvalue weighted by Crippen LogP contribution is -1.86. The first-order valence-electron chi connectivity index (χ1n) is 7.95. The SMILES string of the molecule is CCCCCc1ccc(-c2nc(-c3ccc(Br)cc3)no2)cc1. The van der Waals surface area contributed by atoms with Crippen LogP contribution in [0.25, 0.3) is 22.8 Å². The van der Waals surface area contributed by atoms with E-state index in [0.29, 0.717) is 11.7 Å². The van der Waals surface area contributed by atoms with Crippen LogP contribution in [0.3, 0.4) is 0 Å². The van der Waals surface area contributed by atoms with E-state index < -0.39 is 0 Å². The number of hydrogen-bond acceptors (Lipinski definition) is 3. The van der Waals surface area contributed by atoms with Crippen LogP contribution in [-0.2, 0) is 6.42 Å². The first-order valence-corrected chi connectivity index (χ1v) is 8.74. The topological polar surface area (TPSA) is 38.9 Å². The summed E-state index contributed by atoms with van der Waals surface area (Å²) in [6, 6.07) is 16.3. The highest BCUT2D eigenvalue weighted by atomic mass is 79.9. The first-order chi connectivity index (χ1) is 11.3. The fourth-order valence-corrected chi connectivity index (χ4v) is 2.71. The third kappa shape index (κ3) is 4.08. The van der Waals surface area contributed by atoms with E-state index in [2.05, 4.69) is 57.3 Å². The van der Waals surface area contributed by atoms with Crippen LogP contribution >= 0.6 is 15.9 Å².